The topological polar surface area (TPSA) is 142 Å². The Morgan fingerprint density at radius 1 is 1.04 bits per heavy atom. The van der Waals surface area contributed by atoms with Crippen LogP contribution in [-0.4, -0.2) is 77.6 Å². The lowest BCUT2D eigenvalue weighted by Gasteiger charge is -2.36. The van der Waals surface area contributed by atoms with Crippen LogP contribution in [0.5, 0.6) is 0 Å². The van der Waals surface area contributed by atoms with Crippen molar-refractivity contribution in [1.82, 2.24) is 15.5 Å². The van der Waals surface area contributed by atoms with Crippen molar-refractivity contribution < 1.29 is 33.5 Å². The van der Waals surface area contributed by atoms with Gasteiger partial charge in [0.1, 0.15) is 12.1 Å². The van der Waals surface area contributed by atoms with Gasteiger partial charge in [0.2, 0.25) is 17.7 Å². The highest BCUT2D eigenvalue weighted by Crippen LogP contribution is 2.46. The molecule has 1 spiro atoms. The number of rotatable bonds is 12. The van der Waals surface area contributed by atoms with E-state index in [1.165, 1.54) is 11.3 Å². The summed E-state index contributed by atoms with van der Waals surface area (Å²) in [6.45, 7) is 7.74. The van der Waals surface area contributed by atoms with Crippen LogP contribution in [0.25, 0.3) is 0 Å². The lowest BCUT2D eigenvalue weighted by Crippen LogP contribution is -2.57. The van der Waals surface area contributed by atoms with Gasteiger partial charge in [0, 0.05) is 48.1 Å². The fourth-order valence-corrected chi connectivity index (χ4v) is 7.74. The highest BCUT2D eigenvalue weighted by atomic mass is 35.5. The van der Waals surface area contributed by atoms with E-state index in [4.69, 9.17) is 16.3 Å². The van der Waals surface area contributed by atoms with Gasteiger partial charge >= 0.3 is 5.97 Å². The summed E-state index contributed by atoms with van der Waals surface area (Å²) in [5, 5.41) is 6.16. The summed E-state index contributed by atoms with van der Waals surface area (Å²) in [6.07, 6.45) is 6.80. The lowest BCUT2D eigenvalue weighted by atomic mass is 9.84. The normalized spacial score (nSPS) is 24.1. The minimum absolute atomic E-state index is 0.0396. The molecule has 5 rings (SSSR count). The van der Waals surface area contributed by atoms with Crippen LogP contribution in [0, 0.1) is 16.7 Å². The summed E-state index contributed by atoms with van der Waals surface area (Å²) in [5.41, 5.74) is -0.874. The summed E-state index contributed by atoms with van der Waals surface area (Å²) >= 11 is 6.24. The number of nitrogens with one attached hydrogen (secondary N) is 2. The summed E-state index contributed by atoms with van der Waals surface area (Å²) < 4.78 is 5.80. The zero-order valence-corrected chi connectivity index (χ0v) is 30.0. The van der Waals surface area contributed by atoms with Crippen LogP contribution in [0.4, 0.5) is 5.69 Å². The second-order valence-electron chi connectivity index (χ2n) is 15.7. The maximum Gasteiger partial charge on any atom is 0.329 e. The van der Waals surface area contributed by atoms with E-state index in [1.54, 1.807) is 29.2 Å². The first-order chi connectivity index (χ1) is 23.2. The molecule has 2 unspecified atom stereocenters. The number of anilines is 1. The van der Waals surface area contributed by atoms with Crippen LogP contribution < -0.4 is 15.5 Å². The van der Waals surface area contributed by atoms with Gasteiger partial charge in [-0.15, -0.1) is 0 Å². The van der Waals surface area contributed by atoms with Crippen LogP contribution in [0.15, 0.2) is 24.3 Å². The quantitative estimate of drug-likeness (QED) is 0.238. The average molecular weight is 699 g/mol. The maximum atomic E-state index is 14.6. The molecule has 268 valence electrons. The Morgan fingerprint density at radius 2 is 1.76 bits per heavy atom. The molecule has 11 nitrogen and oxygen atoms in total. The largest absolute Gasteiger partial charge is 0.452 e. The van der Waals surface area contributed by atoms with E-state index in [-0.39, 0.29) is 56.1 Å². The van der Waals surface area contributed by atoms with Crippen LogP contribution >= 0.6 is 11.6 Å². The number of Topliss-reactive ketones (excluding diaryl/α,β-unsaturated/α-hetero) is 1. The Morgan fingerprint density at radius 3 is 2.39 bits per heavy atom. The van der Waals surface area contributed by atoms with E-state index in [1.807, 2.05) is 27.7 Å². The number of nitrogens with zero attached hydrogens (tertiary/aromatic N) is 2. The molecule has 4 amide bonds. The van der Waals surface area contributed by atoms with Crippen LogP contribution in [-0.2, 0) is 33.5 Å². The number of ketones is 1. The van der Waals surface area contributed by atoms with Crippen molar-refractivity contribution in [2.24, 2.45) is 16.7 Å². The summed E-state index contributed by atoms with van der Waals surface area (Å²) in [7, 11) is 0. The molecule has 0 aromatic heterocycles. The fraction of sp³-hybridized carbons (Fsp3) is 0.676. The molecule has 49 heavy (non-hydrogen) atoms. The molecule has 0 radical (unpaired) electrons. The number of likely N-dealkylation sites (tertiary alicyclic amines) is 1. The minimum atomic E-state index is -1.30. The van der Waals surface area contributed by atoms with E-state index >= 15 is 0 Å². The number of hydrogen-bond donors (Lipinski definition) is 2. The average Bonchev–Trinajstić information content (AvgIpc) is 3.70. The van der Waals surface area contributed by atoms with Crippen molar-refractivity contribution in [3.63, 3.8) is 0 Å². The van der Waals surface area contributed by atoms with E-state index < -0.39 is 52.6 Å². The van der Waals surface area contributed by atoms with E-state index in [0.29, 0.717) is 23.6 Å². The van der Waals surface area contributed by atoms with Crippen LogP contribution in [0.3, 0.4) is 0 Å². The van der Waals surface area contributed by atoms with Gasteiger partial charge < -0.3 is 25.2 Å². The molecule has 0 bridgehead atoms. The van der Waals surface area contributed by atoms with Gasteiger partial charge in [0.05, 0.1) is 0 Å². The second kappa shape index (κ2) is 15.2. The Balaban J connectivity index is 1.40. The molecular weight excluding hydrogens is 648 g/mol. The van der Waals surface area contributed by atoms with Gasteiger partial charge in [-0.1, -0.05) is 71.0 Å². The molecule has 4 fully saturated rings. The molecule has 12 heteroatoms. The third-order valence-electron chi connectivity index (χ3n) is 10.4. The Bertz CT molecular complexity index is 1450. The lowest BCUT2D eigenvalue weighted by molar-refractivity contribution is -0.164. The van der Waals surface area contributed by atoms with E-state index in [9.17, 15) is 28.8 Å². The number of carbonyl (C=O) groups is 6. The van der Waals surface area contributed by atoms with Gasteiger partial charge in [0.15, 0.2) is 6.10 Å². The summed E-state index contributed by atoms with van der Waals surface area (Å²) in [6, 6.07) is 4.85. The van der Waals surface area contributed by atoms with Crippen molar-refractivity contribution in [2.75, 3.05) is 18.0 Å². The molecule has 2 saturated carbocycles. The van der Waals surface area contributed by atoms with Gasteiger partial charge in [-0.3, -0.25) is 24.0 Å². The number of esters is 1. The van der Waals surface area contributed by atoms with Crippen molar-refractivity contribution >= 4 is 52.7 Å². The Hall–Kier alpha value is -3.47. The SMILES string of the molecule is CCCC(OC(=O)[C@@H]1C[C@@]2(CC(=O)N(c3cccc(Cl)c3)C2)CN1C(=O)C(NC(=O)CC1CCCCC1)C(C)(C)C)C(=O)C(=O)NC1CC1. The molecule has 1 aromatic carbocycles. The van der Waals surface area contributed by atoms with Gasteiger partial charge in [-0.2, -0.15) is 0 Å². The minimum Gasteiger partial charge on any atom is -0.452 e. The maximum absolute atomic E-state index is 14.6. The van der Waals surface area contributed by atoms with Gasteiger partial charge in [-0.25, -0.2) is 4.79 Å². The fourth-order valence-electron chi connectivity index (χ4n) is 7.56. The summed E-state index contributed by atoms with van der Waals surface area (Å²) in [5.74, 6) is -2.93. The molecule has 2 saturated heterocycles. The van der Waals surface area contributed by atoms with Crippen molar-refractivity contribution in [1.29, 1.82) is 0 Å². The third-order valence-corrected chi connectivity index (χ3v) is 10.6. The molecule has 2 N–H and O–H groups in total. The number of benzene rings is 1. The van der Waals surface area contributed by atoms with Crippen LogP contribution in [0.1, 0.15) is 105 Å². The molecule has 4 aliphatic rings. The number of amides is 4. The van der Waals surface area contributed by atoms with Gasteiger partial charge in [0.25, 0.3) is 11.7 Å². The molecule has 1 aromatic rings. The zero-order valence-electron chi connectivity index (χ0n) is 29.2. The van der Waals surface area contributed by atoms with E-state index in [2.05, 4.69) is 10.6 Å². The Labute approximate surface area is 294 Å². The smallest absolute Gasteiger partial charge is 0.329 e. The predicted molar refractivity (Wildman–Crippen MR) is 185 cm³/mol. The molecule has 4 atom stereocenters. The van der Waals surface area contributed by atoms with E-state index in [0.717, 1.165) is 38.5 Å². The standard InChI is InChI=1S/C37H51ClN4O7/c1-5-10-28(31(45)33(46)39-25-15-16-25)49-35(48)27-19-37(20-30(44)41(21-37)26-14-9-13-24(38)18-26)22-42(27)34(47)32(36(2,3)4)40-29(43)17-23-11-7-6-8-12-23/h9,13-14,18,23,25,27-28,32H,5-8,10-12,15-17,19-22H2,1-4H3,(H,39,46)(H,40,43)/t27-,28?,32?,37-/m0/s1. The third kappa shape index (κ3) is 9.01. The van der Waals surface area contributed by atoms with Gasteiger partial charge in [-0.05, 0) is 68.1 Å². The van der Waals surface area contributed by atoms with Crippen molar-refractivity contribution in [2.45, 2.75) is 129 Å². The Kier molecular flexibility index (Phi) is 11.4. The number of halogens is 1. The predicted octanol–water partition coefficient (Wildman–Crippen LogP) is 4.72. The molecular formula is C37H51ClN4O7. The molecule has 2 heterocycles. The highest BCUT2D eigenvalue weighted by Gasteiger charge is 2.56. The number of ether oxygens (including phenoxy) is 1. The first-order valence-corrected chi connectivity index (χ1v) is 18.3. The number of hydrogen-bond acceptors (Lipinski definition) is 7. The number of carbonyl (C=O) groups excluding carboxylic acids is 6. The van der Waals surface area contributed by atoms with Crippen LogP contribution in [0.2, 0.25) is 5.02 Å². The van der Waals surface area contributed by atoms with Crippen molar-refractivity contribution in [3.8, 4) is 0 Å². The highest BCUT2D eigenvalue weighted by molar-refractivity contribution is 6.38. The molecule has 2 aliphatic heterocycles. The summed E-state index contributed by atoms with van der Waals surface area (Å²) in [4.78, 5) is 84.3. The zero-order chi connectivity index (χ0) is 35.5. The second-order valence-corrected chi connectivity index (χ2v) is 16.2. The first kappa shape index (κ1) is 36.8. The first-order valence-electron chi connectivity index (χ1n) is 17.9. The monoisotopic (exact) mass is 698 g/mol. The molecule has 2 aliphatic carbocycles. The van der Waals surface area contributed by atoms with Crippen molar-refractivity contribution in [3.05, 3.63) is 29.3 Å².